The predicted molar refractivity (Wildman–Crippen MR) is 62.1 cm³/mol. The van der Waals surface area contributed by atoms with Gasteiger partial charge in [-0.05, 0) is 56.5 Å². The molecule has 0 aliphatic rings. The maximum atomic E-state index is 9.45. The summed E-state index contributed by atoms with van der Waals surface area (Å²) in [5.74, 6) is 0.131. The predicted octanol–water partition coefficient (Wildman–Crippen LogP) is 2.30. The quantitative estimate of drug-likeness (QED) is 0.782. The van der Waals surface area contributed by atoms with Crippen LogP contribution in [0.3, 0.4) is 0 Å². The fourth-order valence-corrected chi connectivity index (χ4v) is 2.28. The van der Waals surface area contributed by atoms with Gasteiger partial charge in [0.05, 0.1) is 21.1 Å². The molecule has 78 valence electrons. The lowest BCUT2D eigenvalue weighted by atomic mass is 10.0. The SMILES string of the molecule is CC(O)C(N)c1cc(Br)c(O)c(Br)c1. The monoisotopic (exact) mass is 323 g/mol. The number of phenols is 1. The number of aliphatic hydroxyl groups is 1. The Labute approximate surface area is 99.2 Å². The van der Waals surface area contributed by atoms with E-state index in [2.05, 4.69) is 31.9 Å². The van der Waals surface area contributed by atoms with Crippen molar-refractivity contribution in [1.82, 2.24) is 0 Å². The van der Waals surface area contributed by atoms with Crippen LogP contribution >= 0.6 is 31.9 Å². The second-order valence-corrected chi connectivity index (χ2v) is 4.81. The highest BCUT2D eigenvalue weighted by Crippen LogP contribution is 2.35. The van der Waals surface area contributed by atoms with Gasteiger partial charge in [-0.25, -0.2) is 0 Å². The molecule has 0 heterocycles. The number of phenolic OH excluding ortho intramolecular Hbond substituents is 1. The topological polar surface area (TPSA) is 66.5 Å². The van der Waals surface area contributed by atoms with E-state index in [0.29, 0.717) is 8.95 Å². The highest BCUT2D eigenvalue weighted by molar-refractivity contribution is 9.11. The first-order chi connectivity index (χ1) is 6.43. The summed E-state index contributed by atoms with van der Waals surface area (Å²) in [4.78, 5) is 0. The lowest BCUT2D eigenvalue weighted by Crippen LogP contribution is -2.23. The van der Waals surface area contributed by atoms with Crippen LogP contribution < -0.4 is 5.73 Å². The molecule has 0 aromatic heterocycles. The Hall–Kier alpha value is -0.100. The van der Waals surface area contributed by atoms with Crippen LogP contribution in [0.1, 0.15) is 18.5 Å². The fraction of sp³-hybridized carbons (Fsp3) is 0.333. The zero-order valence-corrected chi connectivity index (χ0v) is 10.7. The van der Waals surface area contributed by atoms with Crippen LogP contribution in [0.15, 0.2) is 21.1 Å². The molecule has 4 N–H and O–H groups in total. The molecule has 0 aliphatic carbocycles. The third kappa shape index (κ3) is 2.48. The number of aliphatic hydroxyl groups excluding tert-OH is 1. The van der Waals surface area contributed by atoms with Crippen molar-refractivity contribution in [1.29, 1.82) is 0 Å². The first kappa shape index (κ1) is 12.0. The molecule has 2 unspecified atom stereocenters. The van der Waals surface area contributed by atoms with Crippen molar-refractivity contribution in [2.45, 2.75) is 19.1 Å². The van der Waals surface area contributed by atoms with E-state index in [0.717, 1.165) is 5.56 Å². The second kappa shape index (κ2) is 4.61. The van der Waals surface area contributed by atoms with Gasteiger partial charge < -0.3 is 15.9 Å². The van der Waals surface area contributed by atoms with Crippen LogP contribution in [-0.2, 0) is 0 Å². The molecular formula is C9H11Br2NO2. The zero-order chi connectivity index (χ0) is 10.9. The van der Waals surface area contributed by atoms with E-state index in [1.165, 1.54) is 0 Å². The van der Waals surface area contributed by atoms with Crippen LogP contribution in [0.2, 0.25) is 0 Å². The molecule has 0 spiro atoms. The van der Waals surface area contributed by atoms with Crippen molar-refractivity contribution in [2.75, 3.05) is 0 Å². The average Bonchev–Trinajstić information content (AvgIpc) is 2.12. The van der Waals surface area contributed by atoms with Gasteiger partial charge in [0.15, 0.2) is 0 Å². The highest BCUT2D eigenvalue weighted by atomic mass is 79.9. The number of halogens is 2. The molecule has 0 saturated carbocycles. The molecule has 1 rings (SSSR count). The average molecular weight is 325 g/mol. The number of nitrogens with two attached hydrogens (primary N) is 1. The summed E-state index contributed by atoms with van der Waals surface area (Å²) in [7, 11) is 0. The summed E-state index contributed by atoms with van der Waals surface area (Å²) in [5, 5.41) is 18.8. The molecule has 0 aliphatic heterocycles. The van der Waals surface area contributed by atoms with Crippen LogP contribution in [-0.4, -0.2) is 16.3 Å². The summed E-state index contributed by atoms with van der Waals surface area (Å²) in [5.41, 5.74) is 6.51. The molecular weight excluding hydrogens is 314 g/mol. The Balaban J connectivity index is 3.12. The van der Waals surface area contributed by atoms with Crippen molar-refractivity contribution < 1.29 is 10.2 Å². The molecule has 3 nitrogen and oxygen atoms in total. The molecule has 5 heteroatoms. The minimum absolute atomic E-state index is 0.131. The van der Waals surface area contributed by atoms with Crippen molar-refractivity contribution >= 4 is 31.9 Å². The minimum atomic E-state index is -0.627. The second-order valence-electron chi connectivity index (χ2n) is 3.10. The Bertz CT molecular complexity index is 319. The summed E-state index contributed by atoms with van der Waals surface area (Å²) in [6.07, 6.45) is -0.627. The molecule has 0 amide bonds. The summed E-state index contributed by atoms with van der Waals surface area (Å²) in [6.45, 7) is 1.62. The summed E-state index contributed by atoms with van der Waals surface area (Å²) < 4.78 is 1.11. The molecule has 0 bridgehead atoms. The molecule has 14 heavy (non-hydrogen) atoms. The largest absolute Gasteiger partial charge is 0.506 e. The van der Waals surface area contributed by atoms with E-state index in [-0.39, 0.29) is 5.75 Å². The molecule has 1 aromatic carbocycles. The first-order valence-corrected chi connectivity index (χ1v) is 5.63. The Morgan fingerprint density at radius 1 is 1.29 bits per heavy atom. The summed E-state index contributed by atoms with van der Waals surface area (Å²) in [6, 6.07) is 2.93. The van der Waals surface area contributed by atoms with Crippen molar-refractivity contribution in [2.24, 2.45) is 5.73 Å². The molecule has 2 atom stereocenters. The smallest absolute Gasteiger partial charge is 0.143 e. The first-order valence-electron chi connectivity index (χ1n) is 4.05. The number of benzene rings is 1. The van der Waals surface area contributed by atoms with Crippen molar-refractivity contribution in [3.05, 3.63) is 26.6 Å². The van der Waals surface area contributed by atoms with Gasteiger partial charge in [0.2, 0.25) is 0 Å². The lowest BCUT2D eigenvalue weighted by Gasteiger charge is -2.16. The number of hydrogen-bond donors (Lipinski definition) is 3. The van der Waals surface area contributed by atoms with Gasteiger partial charge in [-0.2, -0.15) is 0 Å². The van der Waals surface area contributed by atoms with E-state index >= 15 is 0 Å². The van der Waals surface area contributed by atoms with Gasteiger partial charge in [-0.3, -0.25) is 0 Å². The Morgan fingerprint density at radius 2 is 1.71 bits per heavy atom. The fourth-order valence-electron chi connectivity index (χ4n) is 1.06. The van der Waals surface area contributed by atoms with Crippen molar-refractivity contribution in [3.8, 4) is 5.75 Å². The normalized spacial score (nSPS) is 15.2. The van der Waals surface area contributed by atoms with E-state index in [1.807, 2.05) is 0 Å². The standard InChI is InChI=1S/C9H11Br2NO2/c1-4(13)8(12)5-2-6(10)9(14)7(11)3-5/h2-4,8,13-14H,12H2,1H3. The van der Waals surface area contributed by atoms with Gasteiger partial charge in [0, 0.05) is 0 Å². The highest BCUT2D eigenvalue weighted by Gasteiger charge is 2.15. The van der Waals surface area contributed by atoms with Gasteiger partial charge in [0.1, 0.15) is 5.75 Å². The van der Waals surface area contributed by atoms with E-state index in [4.69, 9.17) is 5.73 Å². The zero-order valence-electron chi connectivity index (χ0n) is 7.54. The number of aromatic hydroxyl groups is 1. The van der Waals surface area contributed by atoms with Crippen LogP contribution in [0.4, 0.5) is 0 Å². The summed E-state index contributed by atoms with van der Waals surface area (Å²) >= 11 is 6.39. The lowest BCUT2D eigenvalue weighted by molar-refractivity contribution is 0.164. The van der Waals surface area contributed by atoms with Crippen LogP contribution in [0, 0.1) is 0 Å². The number of hydrogen-bond acceptors (Lipinski definition) is 3. The van der Waals surface area contributed by atoms with Crippen LogP contribution in [0.5, 0.6) is 5.75 Å². The molecule has 0 saturated heterocycles. The third-order valence-electron chi connectivity index (χ3n) is 1.94. The Morgan fingerprint density at radius 3 is 2.07 bits per heavy atom. The molecule has 0 radical (unpaired) electrons. The van der Waals surface area contributed by atoms with Gasteiger partial charge >= 0.3 is 0 Å². The van der Waals surface area contributed by atoms with E-state index in [9.17, 15) is 10.2 Å². The number of rotatable bonds is 2. The molecule has 1 aromatic rings. The third-order valence-corrected chi connectivity index (χ3v) is 3.15. The maximum absolute atomic E-state index is 9.45. The van der Waals surface area contributed by atoms with E-state index < -0.39 is 12.1 Å². The maximum Gasteiger partial charge on any atom is 0.143 e. The minimum Gasteiger partial charge on any atom is -0.506 e. The van der Waals surface area contributed by atoms with Crippen molar-refractivity contribution in [3.63, 3.8) is 0 Å². The molecule has 0 fully saturated rings. The van der Waals surface area contributed by atoms with E-state index in [1.54, 1.807) is 19.1 Å². The van der Waals surface area contributed by atoms with Gasteiger partial charge in [0.25, 0.3) is 0 Å². The van der Waals surface area contributed by atoms with Crippen LogP contribution in [0.25, 0.3) is 0 Å². The van der Waals surface area contributed by atoms with Gasteiger partial charge in [-0.15, -0.1) is 0 Å². The Kier molecular flexibility index (Phi) is 3.94. The van der Waals surface area contributed by atoms with Gasteiger partial charge in [-0.1, -0.05) is 0 Å².